The highest BCUT2D eigenvalue weighted by Crippen LogP contribution is 2.24. The molecule has 0 saturated carbocycles. The van der Waals surface area contributed by atoms with Crippen molar-refractivity contribution in [3.05, 3.63) is 48.3 Å². The van der Waals surface area contributed by atoms with Gasteiger partial charge in [-0.25, -0.2) is 8.42 Å². The average Bonchev–Trinajstić information content (AvgIpc) is 2.94. The number of rotatable bonds is 6. The second-order valence-electron chi connectivity index (χ2n) is 6.63. The smallest absolute Gasteiger partial charge is 0.255 e. The van der Waals surface area contributed by atoms with E-state index in [2.05, 4.69) is 9.88 Å². The zero-order valence-electron chi connectivity index (χ0n) is 15.7. The molecule has 2 N–H and O–H groups in total. The van der Waals surface area contributed by atoms with E-state index < -0.39 is 15.9 Å². The number of anilines is 1. The number of hydrogen-bond donors (Lipinski definition) is 1. The van der Waals surface area contributed by atoms with Gasteiger partial charge in [0.15, 0.2) is 6.61 Å². The van der Waals surface area contributed by atoms with E-state index in [4.69, 9.17) is 10.5 Å². The first-order valence-corrected chi connectivity index (χ1v) is 10.5. The molecule has 2 aromatic rings. The van der Waals surface area contributed by atoms with Gasteiger partial charge < -0.3 is 15.4 Å². The van der Waals surface area contributed by atoms with Gasteiger partial charge in [0.1, 0.15) is 5.75 Å². The van der Waals surface area contributed by atoms with Crippen LogP contribution in [0, 0.1) is 6.92 Å². The quantitative estimate of drug-likeness (QED) is 0.774. The molecule has 0 aliphatic carbocycles. The van der Waals surface area contributed by atoms with Crippen molar-refractivity contribution in [3.63, 3.8) is 0 Å². The molecule has 9 heteroatoms. The Balaban J connectivity index is 1.70. The number of ether oxygens (including phenoxy) is 1. The van der Waals surface area contributed by atoms with E-state index in [0.29, 0.717) is 25.4 Å². The van der Waals surface area contributed by atoms with Crippen LogP contribution in [0.25, 0.3) is 0 Å². The van der Waals surface area contributed by atoms with Crippen LogP contribution in [-0.2, 0) is 14.8 Å². The fourth-order valence-electron chi connectivity index (χ4n) is 3.21. The summed E-state index contributed by atoms with van der Waals surface area (Å²) >= 11 is 0. The number of benzene rings is 1. The van der Waals surface area contributed by atoms with Gasteiger partial charge in [-0.05, 0) is 49.2 Å². The zero-order chi connectivity index (χ0) is 20.1. The van der Waals surface area contributed by atoms with Gasteiger partial charge in [0.2, 0.25) is 10.0 Å². The lowest BCUT2D eigenvalue weighted by molar-refractivity contribution is -0.119. The molecule has 1 aromatic heterocycles. The molecule has 3 rings (SSSR count). The van der Waals surface area contributed by atoms with Crippen molar-refractivity contribution in [2.75, 3.05) is 37.7 Å². The topological polar surface area (TPSA) is 106 Å². The van der Waals surface area contributed by atoms with Crippen molar-refractivity contribution in [1.82, 2.24) is 9.29 Å². The molecular formula is C19H24N4O4S. The van der Waals surface area contributed by atoms with Gasteiger partial charge in [-0.3, -0.25) is 9.78 Å². The fraction of sp³-hybridized carbons (Fsp3) is 0.368. The molecule has 1 fully saturated rings. The number of nitrogens with two attached hydrogens (primary N) is 1. The molecule has 1 saturated heterocycles. The van der Waals surface area contributed by atoms with Gasteiger partial charge in [0, 0.05) is 44.3 Å². The molecule has 1 amide bonds. The largest absolute Gasteiger partial charge is 0.484 e. The highest BCUT2D eigenvalue weighted by atomic mass is 32.2. The van der Waals surface area contributed by atoms with Crippen molar-refractivity contribution >= 4 is 21.6 Å². The predicted octanol–water partition coefficient (Wildman–Crippen LogP) is 1.16. The molecule has 150 valence electrons. The summed E-state index contributed by atoms with van der Waals surface area (Å²) in [4.78, 5) is 17.3. The van der Waals surface area contributed by atoms with Crippen LogP contribution in [0.5, 0.6) is 5.75 Å². The summed E-state index contributed by atoms with van der Waals surface area (Å²) in [5, 5.41) is 0. The number of sulfonamides is 1. The molecular weight excluding hydrogens is 380 g/mol. The molecule has 28 heavy (non-hydrogen) atoms. The fourth-order valence-corrected chi connectivity index (χ4v) is 4.68. The van der Waals surface area contributed by atoms with E-state index in [-0.39, 0.29) is 11.5 Å². The van der Waals surface area contributed by atoms with Gasteiger partial charge in [-0.15, -0.1) is 0 Å². The van der Waals surface area contributed by atoms with Gasteiger partial charge in [0.05, 0.1) is 4.90 Å². The van der Waals surface area contributed by atoms with E-state index >= 15 is 0 Å². The van der Waals surface area contributed by atoms with Crippen LogP contribution in [0.1, 0.15) is 12.0 Å². The van der Waals surface area contributed by atoms with Gasteiger partial charge >= 0.3 is 0 Å². The molecule has 0 unspecified atom stereocenters. The molecule has 8 nitrogen and oxygen atoms in total. The third-order valence-corrected chi connectivity index (χ3v) is 6.54. The van der Waals surface area contributed by atoms with Crippen molar-refractivity contribution in [2.45, 2.75) is 18.2 Å². The number of pyridine rings is 1. The second kappa shape index (κ2) is 8.57. The molecule has 1 aromatic carbocycles. The Hall–Kier alpha value is -2.65. The first-order chi connectivity index (χ1) is 13.4. The van der Waals surface area contributed by atoms with Crippen LogP contribution in [0.2, 0.25) is 0 Å². The number of aromatic nitrogens is 1. The van der Waals surface area contributed by atoms with E-state index in [1.165, 1.54) is 28.6 Å². The maximum absolute atomic E-state index is 13.0. The summed E-state index contributed by atoms with van der Waals surface area (Å²) < 4.78 is 32.7. The number of nitrogens with zero attached hydrogens (tertiary/aromatic N) is 3. The highest BCUT2D eigenvalue weighted by Gasteiger charge is 2.27. The molecule has 0 spiro atoms. The number of primary amides is 1. The summed E-state index contributed by atoms with van der Waals surface area (Å²) in [7, 11) is -3.60. The Morgan fingerprint density at radius 2 is 1.89 bits per heavy atom. The van der Waals surface area contributed by atoms with Crippen molar-refractivity contribution in [1.29, 1.82) is 0 Å². The summed E-state index contributed by atoms with van der Waals surface area (Å²) in [6.07, 6.45) is 4.31. The first kappa shape index (κ1) is 20.1. The lowest BCUT2D eigenvalue weighted by atomic mass is 10.2. The Morgan fingerprint density at radius 3 is 2.57 bits per heavy atom. The minimum atomic E-state index is -3.60. The normalized spacial score (nSPS) is 15.8. The van der Waals surface area contributed by atoms with Crippen LogP contribution in [0.15, 0.2) is 47.6 Å². The van der Waals surface area contributed by atoms with Crippen molar-refractivity contribution in [3.8, 4) is 5.75 Å². The van der Waals surface area contributed by atoms with Gasteiger partial charge in [0.25, 0.3) is 5.91 Å². The van der Waals surface area contributed by atoms with E-state index in [1.54, 1.807) is 6.20 Å². The predicted molar refractivity (Wildman–Crippen MR) is 106 cm³/mol. The lowest BCUT2D eigenvalue weighted by Gasteiger charge is -2.24. The third-order valence-electron chi connectivity index (χ3n) is 4.63. The SMILES string of the molecule is Cc1cnccc1N1CCCN(S(=O)(=O)c2ccc(OCC(N)=O)cc2)CC1. The van der Waals surface area contributed by atoms with Crippen LogP contribution in [0.4, 0.5) is 5.69 Å². The lowest BCUT2D eigenvalue weighted by Crippen LogP contribution is -2.35. The highest BCUT2D eigenvalue weighted by molar-refractivity contribution is 7.89. The number of hydrogen-bond acceptors (Lipinski definition) is 6. The molecule has 1 aliphatic rings. The number of carbonyl (C=O) groups is 1. The standard InChI is InChI=1S/C19H24N4O4S/c1-15-13-21-8-7-18(15)22-9-2-10-23(12-11-22)28(25,26)17-5-3-16(4-6-17)27-14-19(20)24/h3-8,13H,2,9-12,14H2,1H3,(H2,20,24). The number of carbonyl (C=O) groups excluding carboxylic acids is 1. The molecule has 0 atom stereocenters. The zero-order valence-corrected chi connectivity index (χ0v) is 16.6. The number of aryl methyl sites for hydroxylation is 1. The minimum absolute atomic E-state index is 0.201. The molecule has 0 radical (unpaired) electrons. The Kier molecular flexibility index (Phi) is 6.15. The maximum atomic E-state index is 13.0. The molecule has 0 bridgehead atoms. The Bertz CT molecular complexity index is 931. The third kappa shape index (κ3) is 4.60. The van der Waals surface area contributed by atoms with Crippen molar-refractivity contribution in [2.24, 2.45) is 5.73 Å². The molecule has 1 aliphatic heterocycles. The van der Waals surface area contributed by atoms with Crippen LogP contribution < -0.4 is 15.4 Å². The Labute approximate surface area is 165 Å². The summed E-state index contributed by atoms with van der Waals surface area (Å²) in [5.41, 5.74) is 7.20. The van der Waals surface area contributed by atoms with Crippen molar-refractivity contribution < 1.29 is 17.9 Å². The summed E-state index contributed by atoms with van der Waals surface area (Å²) in [6.45, 7) is 4.03. The van der Waals surface area contributed by atoms with E-state index in [1.807, 2.05) is 19.2 Å². The second-order valence-corrected chi connectivity index (χ2v) is 8.57. The number of amides is 1. The molecule has 2 heterocycles. The van der Waals surface area contributed by atoms with Gasteiger partial charge in [-0.2, -0.15) is 4.31 Å². The van der Waals surface area contributed by atoms with E-state index in [0.717, 1.165) is 24.2 Å². The Morgan fingerprint density at radius 1 is 1.14 bits per heavy atom. The van der Waals surface area contributed by atoms with Crippen LogP contribution in [-0.4, -0.2) is 56.4 Å². The first-order valence-electron chi connectivity index (χ1n) is 9.05. The maximum Gasteiger partial charge on any atom is 0.255 e. The van der Waals surface area contributed by atoms with E-state index in [9.17, 15) is 13.2 Å². The van der Waals surface area contributed by atoms with Gasteiger partial charge in [-0.1, -0.05) is 0 Å². The summed E-state index contributed by atoms with van der Waals surface area (Å²) in [6, 6.07) is 7.99. The summed E-state index contributed by atoms with van der Waals surface area (Å²) in [5.74, 6) is -0.191. The monoisotopic (exact) mass is 404 g/mol. The van der Waals surface area contributed by atoms with Crippen LogP contribution >= 0.6 is 0 Å². The minimum Gasteiger partial charge on any atom is -0.484 e. The van der Waals surface area contributed by atoms with Crippen LogP contribution in [0.3, 0.4) is 0 Å². The average molecular weight is 404 g/mol.